The fraction of sp³-hybridized carbons (Fsp3) is 0.417. The van der Waals surface area contributed by atoms with Crippen LogP contribution in [-0.4, -0.2) is 37.2 Å². The highest BCUT2D eigenvalue weighted by Gasteiger charge is 2.24. The van der Waals surface area contributed by atoms with Gasteiger partial charge in [-0.3, -0.25) is 0 Å². The summed E-state index contributed by atoms with van der Waals surface area (Å²) >= 11 is 11.7. The highest BCUT2D eigenvalue weighted by atomic mass is 35.5. The summed E-state index contributed by atoms with van der Waals surface area (Å²) in [7, 11) is 2.00. The van der Waals surface area contributed by atoms with Crippen LogP contribution in [0.1, 0.15) is 5.56 Å². The Kier molecular flexibility index (Phi) is 4.32. The van der Waals surface area contributed by atoms with E-state index in [9.17, 15) is 4.79 Å². The highest BCUT2D eigenvalue weighted by Crippen LogP contribution is 2.19. The molecule has 1 aliphatic heterocycles. The number of likely N-dealkylation sites (tertiary alicyclic amines) is 1. The topological polar surface area (TPSA) is 41.6 Å². The standard InChI is InChI=1S/C12H14Cl2N2O2/c1-16-5-11(6-16)15-12(17)18-7-8-2-9(13)4-10(14)3-8/h2-4,11H,5-7H2,1H3,(H,15,17). The van der Waals surface area contributed by atoms with Crippen molar-refractivity contribution in [3.8, 4) is 0 Å². The molecule has 1 fully saturated rings. The van der Waals surface area contributed by atoms with Gasteiger partial charge in [-0.25, -0.2) is 4.79 Å². The Hall–Kier alpha value is -0.970. The van der Waals surface area contributed by atoms with Crippen molar-refractivity contribution in [2.45, 2.75) is 12.6 Å². The van der Waals surface area contributed by atoms with E-state index in [0.717, 1.165) is 18.7 Å². The van der Waals surface area contributed by atoms with Crippen LogP contribution in [0.4, 0.5) is 4.79 Å². The van der Waals surface area contributed by atoms with Crippen molar-refractivity contribution >= 4 is 29.3 Å². The van der Waals surface area contributed by atoms with Crippen LogP contribution in [0, 0.1) is 0 Å². The quantitative estimate of drug-likeness (QED) is 0.929. The number of carbonyl (C=O) groups excluding carboxylic acids is 1. The number of hydrogen-bond donors (Lipinski definition) is 1. The Balaban J connectivity index is 1.78. The molecule has 0 saturated carbocycles. The number of alkyl carbamates (subject to hydrolysis) is 1. The second kappa shape index (κ2) is 5.78. The lowest BCUT2D eigenvalue weighted by atomic mass is 10.1. The Bertz CT molecular complexity index is 427. The molecule has 1 aromatic rings. The number of likely N-dealkylation sites (N-methyl/N-ethyl adjacent to an activating group) is 1. The summed E-state index contributed by atoms with van der Waals surface area (Å²) in [4.78, 5) is 13.6. The number of rotatable bonds is 3. The molecule has 0 aromatic heterocycles. The molecular weight excluding hydrogens is 275 g/mol. The molecule has 18 heavy (non-hydrogen) atoms. The number of benzene rings is 1. The van der Waals surface area contributed by atoms with Crippen molar-refractivity contribution < 1.29 is 9.53 Å². The van der Waals surface area contributed by atoms with Gasteiger partial charge in [-0.05, 0) is 30.8 Å². The molecule has 0 atom stereocenters. The van der Waals surface area contributed by atoms with Gasteiger partial charge in [0.2, 0.25) is 0 Å². The maximum absolute atomic E-state index is 11.5. The van der Waals surface area contributed by atoms with E-state index in [4.69, 9.17) is 27.9 Å². The first-order valence-electron chi connectivity index (χ1n) is 5.60. The average Bonchev–Trinajstić information content (AvgIpc) is 2.23. The lowest BCUT2D eigenvalue weighted by molar-refractivity contribution is 0.111. The lowest BCUT2D eigenvalue weighted by Crippen LogP contribution is -2.57. The van der Waals surface area contributed by atoms with E-state index >= 15 is 0 Å². The van der Waals surface area contributed by atoms with Gasteiger partial charge < -0.3 is 15.0 Å². The van der Waals surface area contributed by atoms with Crippen LogP contribution >= 0.6 is 23.2 Å². The van der Waals surface area contributed by atoms with Crippen molar-refractivity contribution in [2.24, 2.45) is 0 Å². The predicted molar refractivity (Wildman–Crippen MR) is 71.1 cm³/mol. The molecule has 0 spiro atoms. The van der Waals surface area contributed by atoms with Gasteiger partial charge in [-0.1, -0.05) is 23.2 Å². The van der Waals surface area contributed by atoms with Crippen LogP contribution in [0.3, 0.4) is 0 Å². The third-order valence-corrected chi connectivity index (χ3v) is 3.11. The smallest absolute Gasteiger partial charge is 0.407 e. The lowest BCUT2D eigenvalue weighted by Gasteiger charge is -2.36. The summed E-state index contributed by atoms with van der Waals surface area (Å²) in [5, 5.41) is 3.84. The molecule has 0 unspecified atom stereocenters. The van der Waals surface area contributed by atoms with E-state index in [0.29, 0.717) is 10.0 Å². The van der Waals surface area contributed by atoms with Gasteiger partial charge in [0.25, 0.3) is 0 Å². The Morgan fingerprint density at radius 1 is 1.39 bits per heavy atom. The van der Waals surface area contributed by atoms with Crippen LogP contribution in [0.5, 0.6) is 0 Å². The molecular formula is C12H14Cl2N2O2. The summed E-state index contributed by atoms with van der Waals surface area (Å²) in [6.07, 6.45) is -0.413. The van der Waals surface area contributed by atoms with Crippen molar-refractivity contribution in [2.75, 3.05) is 20.1 Å². The molecule has 1 aromatic carbocycles. The number of nitrogens with one attached hydrogen (secondary N) is 1. The molecule has 1 amide bonds. The average molecular weight is 289 g/mol. The summed E-state index contributed by atoms with van der Waals surface area (Å²) in [5.74, 6) is 0. The van der Waals surface area contributed by atoms with E-state index in [-0.39, 0.29) is 12.6 Å². The third-order valence-electron chi connectivity index (χ3n) is 2.68. The highest BCUT2D eigenvalue weighted by molar-refractivity contribution is 6.34. The molecule has 1 heterocycles. The molecule has 1 saturated heterocycles. The Morgan fingerprint density at radius 3 is 2.56 bits per heavy atom. The molecule has 1 N–H and O–H groups in total. The number of hydrogen-bond acceptors (Lipinski definition) is 3. The van der Waals surface area contributed by atoms with Crippen LogP contribution in [0.25, 0.3) is 0 Å². The van der Waals surface area contributed by atoms with Crippen LogP contribution in [0.2, 0.25) is 10.0 Å². The van der Waals surface area contributed by atoms with Gasteiger partial charge >= 0.3 is 6.09 Å². The van der Waals surface area contributed by atoms with Gasteiger partial charge in [-0.15, -0.1) is 0 Å². The van der Waals surface area contributed by atoms with E-state index < -0.39 is 6.09 Å². The van der Waals surface area contributed by atoms with E-state index in [2.05, 4.69) is 10.2 Å². The second-order valence-electron chi connectivity index (χ2n) is 4.42. The Labute approximate surface area is 116 Å². The first-order chi connectivity index (χ1) is 8.52. The Morgan fingerprint density at radius 2 is 2.00 bits per heavy atom. The first-order valence-corrected chi connectivity index (χ1v) is 6.35. The van der Waals surface area contributed by atoms with Gasteiger partial charge in [0.05, 0.1) is 6.04 Å². The number of amides is 1. The predicted octanol–water partition coefficient (Wildman–Crippen LogP) is 2.53. The normalized spacial score (nSPS) is 16.2. The first kappa shape index (κ1) is 13.5. The van der Waals surface area contributed by atoms with Crippen molar-refractivity contribution in [3.63, 3.8) is 0 Å². The molecule has 2 rings (SSSR count). The maximum atomic E-state index is 11.5. The van der Waals surface area contributed by atoms with Crippen molar-refractivity contribution in [1.82, 2.24) is 10.2 Å². The fourth-order valence-corrected chi connectivity index (χ4v) is 2.41. The molecule has 1 aliphatic rings. The van der Waals surface area contributed by atoms with Crippen LogP contribution < -0.4 is 5.32 Å². The molecule has 0 radical (unpaired) electrons. The SMILES string of the molecule is CN1CC(NC(=O)OCc2cc(Cl)cc(Cl)c2)C1. The monoisotopic (exact) mass is 288 g/mol. The molecule has 0 bridgehead atoms. The zero-order chi connectivity index (χ0) is 13.1. The fourth-order valence-electron chi connectivity index (χ4n) is 1.84. The summed E-state index contributed by atoms with van der Waals surface area (Å²) in [6, 6.07) is 5.26. The summed E-state index contributed by atoms with van der Waals surface area (Å²) < 4.78 is 5.09. The maximum Gasteiger partial charge on any atom is 0.407 e. The molecule has 6 heteroatoms. The molecule has 0 aliphatic carbocycles. The van der Waals surface area contributed by atoms with Gasteiger partial charge in [0.1, 0.15) is 6.61 Å². The van der Waals surface area contributed by atoms with Crippen molar-refractivity contribution in [3.05, 3.63) is 33.8 Å². The second-order valence-corrected chi connectivity index (χ2v) is 5.29. The van der Waals surface area contributed by atoms with E-state index in [1.54, 1.807) is 18.2 Å². The third kappa shape index (κ3) is 3.77. The number of nitrogens with zero attached hydrogens (tertiary/aromatic N) is 1. The van der Waals surface area contributed by atoms with Gasteiger partial charge in [0.15, 0.2) is 0 Å². The number of ether oxygens (including phenoxy) is 1. The zero-order valence-electron chi connectivity index (χ0n) is 9.95. The van der Waals surface area contributed by atoms with Crippen LogP contribution in [0.15, 0.2) is 18.2 Å². The minimum atomic E-state index is -0.413. The van der Waals surface area contributed by atoms with Crippen LogP contribution in [-0.2, 0) is 11.3 Å². The number of carbonyl (C=O) groups is 1. The zero-order valence-corrected chi connectivity index (χ0v) is 11.5. The van der Waals surface area contributed by atoms with Gasteiger partial charge in [0, 0.05) is 23.1 Å². The van der Waals surface area contributed by atoms with Gasteiger partial charge in [-0.2, -0.15) is 0 Å². The summed E-state index contributed by atoms with van der Waals surface area (Å²) in [6.45, 7) is 1.88. The minimum Gasteiger partial charge on any atom is -0.445 e. The minimum absolute atomic E-state index is 0.161. The largest absolute Gasteiger partial charge is 0.445 e. The molecule has 98 valence electrons. The number of halogens is 2. The van der Waals surface area contributed by atoms with Crippen molar-refractivity contribution in [1.29, 1.82) is 0 Å². The molecule has 4 nitrogen and oxygen atoms in total. The summed E-state index contributed by atoms with van der Waals surface area (Å²) in [5.41, 5.74) is 0.772. The van der Waals surface area contributed by atoms with E-state index in [1.165, 1.54) is 0 Å². The van der Waals surface area contributed by atoms with E-state index in [1.807, 2.05) is 7.05 Å².